The highest BCUT2D eigenvalue weighted by atomic mass is 35.5. The number of pyridine rings is 1. The van der Waals surface area contributed by atoms with Crippen LogP contribution in [0.2, 0.25) is 5.02 Å². The molecule has 0 radical (unpaired) electrons. The first-order valence-electron chi connectivity index (χ1n) is 9.89. The molecule has 158 valence electrons. The van der Waals surface area contributed by atoms with Gasteiger partial charge in [0.25, 0.3) is 11.8 Å². The van der Waals surface area contributed by atoms with Crippen molar-refractivity contribution in [1.29, 1.82) is 0 Å². The fourth-order valence-electron chi connectivity index (χ4n) is 3.54. The van der Waals surface area contributed by atoms with Crippen LogP contribution in [0.1, 0.15) is 71.8 Å². The Hall–Kier alpha value is -2.87. The maximum absolute atomic E-state index is 13.1. The molecule has 1 aliphatic rings. The zero-order chi connectivity index (χ0) is 21.8. The average molecular weight is 429 g/mol. The molecule has 1 fully saturated rings. The van der Waals surface area contributed by atoms with Crippen molar-refractivity contribution in [3.63, 3.8) is 0 Å². The molecule has 0 bridgehead atoms. The number of carbonyl (C=O) groups excluding carboxylic acids is 2. The van der Waals surface area contributed by atoms with Crippen LogP contribution in [0.25, 0.3) is 11.0 Å². The van der Waals surface area contributed by atoms with Gasteiger partial charge in [0.15, 0.2) is 5.65 Å². The molecule has 0 aromatic carbocycles. The Kier molecular flexibility index (Phi) is 4.85. The number of hydrogen-bond donors (Lipinski definition) is 2. The first-order valence-corrected chi connectivity index (χ1v) is 10.3. The van der Waals surface area contributed by atoms with Crippen LogP contribution < -0.4 is 10.9 Å². The summed E-state index contributed by atoms with van der Waals surface area (Å²) in [6.45, 7) is 8.02. The van der Waals surface area contributed by atoms with Gasteiger partial charge in [-0.1, -0.05) is 11.6 Å². The van der Waals surface area contributed by atoms with E-state index >= 15 is 0 Å². The number of carbonyl (C=O) groups is 2. The van der Waals surface area contributed by atoms with Gasteiger partial charge in [-0.3, -0.25) is 20.4 Å². The van der Waals surface area contributed by atoms with E-state index < -0.39 is 11.8 Å². The van der Waals surface area contributed by atoms with Crippen molar-refractivity contribution in [3.05, 3.63) is 46.0 Å². The molecule has 0 aliphatic heterocycles. The lowest BCUT2D eigenvalue weighted by Crippen LogP contribution is -2.42. The molecular formula is C21H25ClN6O2. The monoisotopic (exact) mass is 428 g/mol. The Morgan fingerprint density at radius 2 is 1.83 bits per heavy atom. The molecule has 9 heteroatoms. The lowest BCUT2D eigenvalue weighted by atomic mass is 10.1. The molecule has 0 spiro atoms. The molecule has 2 N–H and O–H groups in total. The summed E-state index contributed by atoms with van der Waals surface area (Å²) in [6, 6.07) is 3.36. The van der Waals surface area contributed by atoms with Gasteiger partial charge < -0.3 is 4.57 Å². The standard InChI is InChI=1S/C21H25ClN6O2/c1-11-17-14(19(29)24-25-20(30)16-8-13(22)10-27(16)5)9-15(12-6-7-12)23-18(17)28(26-11)21(2,3)4/h8-10,12H,6-7H2,1-5H3,(H,24,29)(H,25,30). The molecule has 0 atom stereocenters. The topological polar surface area (TPSA) is 93.8 Å². The van der Waals surface area contributed by atoms with Gasteiger partial charge in [0, 0.05) is 24.9 Å². The van der Waals surface area contributed by atoms with E-state index in [9.17, 15) is 9.59 Å². The number of fused-ring (bicyclic) bond motifs is 1. The highest BCUT2D eigenvalue weighted by Gasteiger charge is 2.30. The average Bonchev–Trinajstić information content (AvgIpc) is 3.38. The van der Waals surface area contributed by atoms with Gasteiger partial charge in [-0.2, -0.15) is 5.10 Å². The van der Waals surface area contributed by atoms with Crippen molar-refractivity contribution in [1.82, 2.24) is 30.2 Å². The second kappa shape index (κ2) is 7.12. The SMILES string of the molecule is Cc1nn(C(C)(C)C)c2nc(C3CC3)cc(C(=O)NNC(=O)c3cc(Cl)cn3C)c12. The second-order valence-electron chi connectivity index (χ2n) is 8.80. The van der Waals surface area contributed by atoms with Gasteiger partial charge in [-0.05, 0) is 52.7 Å². The molecule has 8 nitrogen and oxygen atoms in total. The zero-order valence-electron chi connectivity index (χ0n) is 17.7. The molecule has 0 saturated heterocycles. The number of aromatic nitrogens is 4. The van der Waals surface area contributed by atoms with Gasteiger partial charge in [-0.15, -0.1) is 0 Å². The number of amides is 2. The van der Waals surface area contributed by atoms with Crippen molar-refractivity contribution in [2.75, 3.05) is 0 Å². The maximum atomic E-state index is 13.1. The minimum absolute atomic E-state index is 0.282. The number of nitrogens with zero attached hydrogens (tertiary/aromatic N) is 4. The molecule has 3 aromatic rings. The number of rotatable bonds is 3. The minimum atomic E-state index is -0.451. The van der Waals surface area contributed by atoms with Crippen LogP contribution in [0, 0.1) is 6.92 Å². The summed E-state index contributed by atoms with van der Waals surface area (Å²) in [4.78, 5) is 30.3. The van der Waals surface area contributed by atoms with Crippen molar-refractivity contribution in [3.8, 4) is 0 Å². The van der Waals surface area contributed by atoms with Crippen LogP contribution in [-0.2, 0) is 12.6 Å². The van der Waals surface area contributed by atoms with Crippen molar-refractivity contribution in [2.24, 2.45) is 7.05 Å². The van der Waals surface area contributed by atoms with Crippen molar-refractivity contribution < 1.29 is 9.59 Å². The summed E-state index contributed by atoms with van der Waals surface area (Å²) in [7, 11) is 1.71. The van der Waals surface area contributed by atoms with Gasteiger partial charge in [0.2, 0.25) is 0 Å². The van der Waals surface area contributed by atoms with Crippen molar-refractivity contribution >= 4 is 34.4 Å². The summed E-state index contributed by atoms with van der Waals surface area (Å²) in [5, 5.41) is 5.80. The molecule has 2 amide bonds. The zero-order valence-corrected chi connectivity index (χ0v) is 18.5. The highest BCUT2D eigenvalue weighted by Crippen LogP contribution is 2.40. The van der Waals surface area contributed by atoms with Crippen LogP contribution in [0.3, 0.4) is 0 Å². The van der Waals surface area contributed by atoms with E-state index in [1.165, 1.54) is 6.07 Å². The van der Waals surface area contributed by atoms with E-state index in [1.54, 1.807) is 17.8 Å². The molecule has 3 heterocycles. The molecule has 30 heavy (non-hydrogen) atoms. The molecule has 0 unspecified atom stereocenters. The van der Waals surface area contributed by atoms with E-state index in [1.807, 2.05) is 17.7 Å². The van der Waals surface area contributed by atoms with E-state index in [0.29, 0.717) is 33.2 Å². The third kappa shape index (κ3) is 3.67. The van der Waals surface area contributed by atoms with E-state index in [4.69, 9.17) is 16.6 Å². The van der Waals surface area contributed by atoms with Crippen LogP contribution >= 0.6 is 11.6 Å². The summed E-state index contributed by atoms with van der Waals surface area (Å²) in [5.74, 6) is -0.494. The molecule has 1 aliphatic carbocycles. The molecular weight excluding hydrogens is 404 g/mol. The fraction of sp³-hybridized carbons (Fsp3) is 0.429. The fourth-order valence-corrected chi connectivity index (χ4v) is 3.79. The Labute approximate surface area is 179 Å². The van der Waals surface area contributed by atoms with Gasteiger partial charge in [0.1, 0.15) is 5.69 Å². The largest absolute Gasteiger partial charge is 0.345 e. The number of hydrogen-bond acceptors (Lipinski definition) is 4. The Bertz CT molecular complexity index is 1170. The van der Waals surface area contributed by atoms with Crippen LogP contribution in [0.15, 0.2) is 18.3 Å². The van der Waals surface area contributed by atoms with Crippen LogP contribution in [0.5, 0.6) is 0 Å². The molecule has 4 rings (SSSR count). The van der Waals surface area contributed by atoms with Crippen LogP contribution in [0.4, 0.5) is 0 Å². The van der Waals surface area contributed by atoms with Crippen LogP contribution in [-0.4, -0.2) is 31.1 Å². The van der Waals surface area contributed by atoms with Crippen molar-refractivity contribution in [2.45, 2.75) is 52.0 Å². The Morgan fingerprint density at radius 1 is 1.17 bits per heavy atom. The molecule has 1 saturated carbocycles. The lowest BCUT2D eigenvalue weighted by Gasteiger charge is -2.20. The van der Waals surface area contributed by atoms with Gasteiger partial charge >= 0.3 is 0 Å². The van der Waals surface area contributed by atoms with E-state index in [0.717, 1.165) is 24.2 Å². The first-order chi connectivity index (χ1) is 14.1. The second-order valence-corrected chi connectivity index (χ2v) is 9.23. The summed E-state index contributed by atoms with van der Waals surface area (Å²) in [6.07, 6.45) is 3.75. The van der Waals surface area contributed by atoms with E-state index in [-0.39, 0.29) is 5.54 Å². The van der Waals surface area contributed by atoms with E-state index in [2.05, 4.69) is 36.7 Å². The summed E-state index contributed by atoms with van der Waals surface area (Å²) < 4.78 is 3.46. The number of halogens is 1. The predicted octanol–water partition coefficient (Wildman–Crippen LogP) is 3.44. The predicted molar refractivity (Wildman–Crippen MR) is 115 cm³/mol. The molecule has 3 aromatic heterocycles. The first kappa shape index (κ1) is 20.4. The third-order valence-corrected chi connectivity index (χ3v) is 5.41. The number of nitrogens with one attached hydrogen (secondary N) is 2. The third-order valence-electron chi connectivity index (χ3n) is 5.20. The summed E-state index contributed by atoms with van der Waals surface area (Å²) in [5.41, 5.74) is 7.82. The smallest absolute Gasteiger partial charge is 0.286 e. The van der Waals surface area contributed by atoms with Gasteiger partial charge in [-0.25, -0.2) is 9.67 Å². The Balaban J connectivity index is 1.69. The number of hydrazine groups is 1. The quantitative estimate of drug-likeness (QED) is 0.625. The normalized spacial score (nSPS) is 14.2. The lowest BCUT2D eigenvalue weighted by molar-refractivity contribution is 0.0843. The highest BCUT2D eigenvalue weighted by molar-refractivity contribution is 6.31. The summed E-state index contributed by atoms with van der Waals surface area (Å²) >= 11 is 5.94. The van der Waals surface area contributed by atoms with Gasteiger partial charge in [0.05, 0.1) is 27.2 Å². The minimum Gasteiger partial charge on any atom is -0.345 e. The Morgan fingerprint density at radius 3 is 2.40 bits per heavy atom. The maximum Gasteiger partial charge on any atom is 0.286 e. The number of aryl methyl sites for hydroxylation is 2.